The second-order valence-corrected chi connectivity index (χ2v) is 9.17. The highest BCUT2D eigenvalue weighted by Crippen LogP contribution is 2.27. The minimum atomic E-state index is -0.377. The lowest BCUT2D eigenvalue weighted by molar-refractivity contribution is -0.122. The number of nitrogens with one attached hydrogen (secondary N) is 2. The van der Waals surface area contributed by atoms with Gasteiger partial charge >= 0.3 is 0 Å². The van der Waals surface area contributed by atoms with Crippen molar-refractivity contribution in [3.05, 3.63) is 64.2 Å². The fourth-order valence-electron chi connectivity index (χ4n) is 3.74. The number of benzene rings is 2. The van der Waals surface area contributed by atoms with Gasteiger partial charge in [0.05, 0.1) is 19.6 Å². The normalized spacial score (nSPS) is 12.2. The second kappa shape index (κ2) is 10.5. The first kappa shape index (κ1) is 24.4. The largest absolute Gasteiger partial charge is 0.497 e. The Hall–Kier alpha value is -2.82. The van der Waals surface area contributed by atoms with E-state index < -0.39 is 0 Å². The van der Waals surface area contributed by atoms with Gasteiger partial charge in [0.2, 0.25) is 11.8 Å². The van der Waals surface area contributed by atoms with E-state index in [2.05, 4.69) is 57.4 Å². The molecule has 0 heterocycles. The Bertz CT molecular complexity index is 888. The summed E-state index contributed by atoms with van der Waals surface area (Å²) in [5.41, 5.74) is 6.11. The van der Waals surface area contributed by atoms with Crippen LogP contribution in [0.15, 0.2) is 36.4 Å². The van der Waals surface area contributed by atoms with Gasteiger partial charge < -0.3 is 15.4 Å². The third-order valence-corrected chi connectivity index (χ3v) is 5.54. The molecule has 0 aliphatic rings. The Morgan fingerprint density at radius 1 is 1.03 bits per heavy atom. The zero-order valence-electron chi connectivity index (χ0n) is 19.9. The van der Waals surface area contributed by atoms with Crippen LogP contribution in [0.1, 0.15) is 68.0 Å². The molecule has 0 spiro atoms. The number of methoxy groups -OCH3 is 1. The van der Waals surface area contributed by atoms with Gasteiger partial charge in [-0.15, -0.1) is 0 Å². The number of amides is 2. The van der Waals surface area contributed by atoms with Crippen LogP contribution in [-0.2, 0) is 21.4 Å². The van der Waals surface area contributed by atoms with Crippen LogP contribution in [0.3, 0.4) is 0 Å². The van der Waals surface area contributed by atoms with Crippen molar-refractivity contribution < 1.29 is 14.3 Å². The van der Waals surface area contributed by atoms with Crippen LogP contribution in [0.5, 0.6) is 5.75 Å². The van der Waals surface area contributed by atoms with Crippen LogP contribution in [0, 0.1) is 13.8 Å². The molecule has 2 N–H and O–H groups in total. The zero-order chi connectivity index (χ0) is 23.2. The van der Waals surface area contributed by atoms with Crippen LogP contribution >= 0.6 is 0 Å². The summed E-state index contributed by atoms with van der Waals surface area (Å²) in [5, 5.41) is 5.88. The van der Waals surface area contributed by atoms with E-state index >= 15 is 0 Å². The lowest BCUT2D eigenvalue weighted by Crippen LogP contribution is -2.33. The summed E-state index contributed by atoms with van der Waals surface area (Å²) in [5.74, 6) is 0.480. The van der Waals surface area contributed by atoms with Crippen LogP contribution < -0.4 is 15.4 Å². The van der Waals surface area contributed by atoms with Gasteiger partial charge in [-0.25, -0.2) is 0 Å². The van der Waals surface area contributed by atoms with Gasteiger partial charge in [-0.05, 0) is 65.6 Å². The first-order chi connectivity index (χ1) is 14.5. The molecule has 0 aliphatic carbocycles. The number of hydrogen-bond donors (Lipinski definition) is 2. The summed E-state index contributed by atoms with van der Waals surface area (Å²) in [4.78, 5) is 24.2. The predicted octanol–water partition coefficient (Wildman–Crippen LogP) is 4.54. The number of ether oxygens (including phenoxy) is 1. The van der Waals surface area contributed by atoms with Crippen molar-refractivity contribution in [3.63, 3.8) is 0 Å². The van der Waals surface area contributed by atoms with Gasteiger partial charge in [-0.1, -0.05) is 45.0 Å². The van der Waals surface area contributed by atoms with Crippen LogP contribution in [0.4, 0.5) is 0 Å². The minimum absolute atomic E-state index is 0.0869. The SMILES string of the molecule is COc1ccc(C(CC(=O)NCCc2c(C)cc(C(C)(C)C)cc2C)NC(C)=O)cc1. The molecule has 2 amide bonds. The quantitative estimate of drug-likeness (QED) is 0.654. The highest BCUT2D eigenvalue weighted by atomic mass is 16.5. The summed E-state index contributed by atoms with van der Waals surface area (Å²) >= 11 is 0. The standard InChI is InChI=1S/C26H36N2O3/c1-17-14-21(26(4,5)6)15-18(2)23(17)12-13-27-25(30)16-24(28-19(3)29)20-8-10-22(31-7)11-9-20/h8-11,14-15,24H,12-13,16H2,1-7H3,(H,27,30)(H,28,29). The fraction of sp³-hybridized carbons (Fsp3) is 0.462. The number of rotatable bonds is 8. The topological polar surface area (TPSA) is 67.4 Å². The molecule has 5 heteroatoms. The molecule has 0 aliphatic heterocycles. The molecule has 1 atom stereocenters. The molecular weight excluding hydrogens is 388 g/mol. The first-order valence-corrected chi connectivity index (χ1v) is 10.8. The Balaban J connectivity index is 2.00. The first-order valence-electron chi connectivity index (χ1n) is 10.8. The minimum Gasteiger partial charge on any atom is -0.497 e. The predicted molar refractivity (Wildman–Crippen MR) is 125 cm³/mol. The molecule has 1 unspecified atom stereocenters. The van der Waals surface area contributed by atoms with E-state index in [1.54, 1.807) is 7.11 Å². The van der Waals surface area contributed by atoms with E-state index in [4.69, 9.17) is 4.74 Å². The maximum atomic E-state index is 12.6. The molecule has 2 aromatic rings. The summed E-state index contributed by atoms with van der Waals surface area (Å²) in [6.07, 6.45) is 0.966. The average Bonchev–Trinajstić information content (AvgIpc) is 2.68. The maximum Gasteiger partial charge on any atom is 0.222 e. The van der Waals surface area contributed by atoms with Crippen molar-refractivity contribution in [2.45, 2.75) is 65.8 Å². The van der Waals surface area contributed by atoms with Gasteiger partial charge in [0.15, 0.2) is 0 Å². The summed E-state index contributed by atoms with van der Waals surface area (Å²) < 4.78 is 5.18. The van der Waals surface area contributed by atoms with Gasteiger partial charge in [0, 0.05) is 13.5 Å². The van der Waals surface area contributed by atoms with Gasteiger partial charge in [0.25, 0.3) is 0 Å². The fourth-order valence-corrected chi connectivity index (χ4v) is 3.74. The maximum absolute atomic E-state index is 12.6. The number of aryl methyl sites for hydroxylation is 2. The van der Waals surface area contributed by atoms with Gasteiger partial charge in [0.1, 0.15) is 5.75 Å². The van der Waals surface area contributed by atoms with Crippen molar-refractivity contribution in [2.24, 2.45) is 0 Å². The third kappa shape index (κ3) is 7.12. The molecule has 31 heavy (non-hydrogen) atoms. The lowest BCUT2D eigenvalue weighted by Gasteiger charge is -2.22. The van der Waals surface area contributed by atoms with Crippen molar-refractivity contribution in [1.82, 2.24) is 10.6 Å². The van der Waals surface area contributed by atoms with E-state index in [0.29, 0.717) is 6.54 Å². The molecule has 0 fully saturated rings. The average molecular weight is 425 g/mol. The van der Waals surface area contributed by atoms with Crippen molar-refractivity contribution in [2.75, 3.05) is 13.7 Å². The molecule has 0 bridgehead atoms. The zero-order valence-corrected chi connectivity index (χ0v) is 19.9. The Morgan fingerprint density at radius 2 is 1.61 bits per heavy atom. The molecule has 2 aromatic carbocycles. The van der Waals surface area contributed by atoms with Crippen LogP contribution in [-0.4, -0.2) is 25.5 Å². The Morgan fingerprint density at radius 3 is 2.10 bits per heavy atom. The third-order valence-electron chi connectivity index (χ3n) is 5.54. The lowest BCUT2D eigenvalue weighted by atomic mass is 9.83. The van der Waals surface area contributed by atoms with E-state index in [-0.39, 0.29) is 29.7 Å². The molecule has 168 valence electrons. The number of carbonyl (C=O) groups excluding carboxylic acids is 2. The Kier molecular flexibility index (Phi) is 8.26. The van der Waals surface area contributed by atoms with Crippen molar-refractivity contribution >= 4 is 11.8 Å². The monoisotopic (exact) mass is 424 g/mol. The summed E-state index contributed by atoms with van der Waals surface area (Å²) in [6.45, 7) is 12.9. The van der Waals surface area contributed by atoms with Crippen molar-refractivity contribution in [1.29, 1.82) is 0 Å². The van der Waals surface area contributed by atoms with Crippen LogP contribution in [0.25, 0.3) is 0 Å². The molecule has 5 nitrogen and oxygen atoms in total. The van der Waals surface area contributed by atoms with Crippen molar-refractivity contribution in [3.8, 4) is 5.75 Å². The number of hydrogen-bond acceptors (Lipinski definition) is 3. The second-order valence-electron chi connectivity index (χ2n) is 9.17. The Labute approximate surface area is 186 Å². The van der Waals surface area contributed by atoms with E-state index in [0.717, 1.165) is 17.7 Å². The highest BCUT2D eigenvalue weighted by Gasteiger charge is 2.18. The van der Waals surface area contributed by atoms with E-state index in [9.17, 15) is 9.59 Å². The molecule has 0 saturated carbocycles. The number of carbonyl (C=O) groups is 2. The smallest absolute Gasteiger partial charge is 0.222 e. The van der Waals surface area contributed by atoms with E-state index in [1.807, 2.05) is 24.3 Å². The molecule has 2 rings (SSSR count). The van der Waals surface area contributed by atoms with Gasteiger partial charge in [-0.2, -0.15) is 0 Å². The molecule has 0 aromatic heterocycles. The summed E-state index contributed by atoms with van der Waals surface area (Å²) in [6, 6.07) is 11.5. The van der Waals surface area contributed by atoms with Gasteiger partial charge in [-0.3, -0.25) is 9.59 Å². The summed E-state index contributed by atoms with van der Waals surface area (Å²) in [7, 11) is 1.61. The van der Waals surface area contributed by atoms with Crippen LogP contribution in [0.2, 0.25) is 0 Å². The molecule has 0 radical (unpaired) electrons. The molecule has 0 saturated heterocycles. The highest BCUT2D eigenvalue weighted by molar-refractivity contribution is 5.79. The molecular formula is C26H36N2O3. The van der Waals surface area contributed by atoms with E-state index in [1.165, 1.54) is 29.2 Å².